The first-order valence-corrected chi connectivity index (χ1v) is 9.31. The summed E-state index contributed by atoms with van der Waals surface area (Å²) in [6, 6.07) is 5.05. The fraction of sp³-hybridized carbons (Fsp3) is 0.533. The fourth-order valence-electron chi connectivity index (χ4n) is 1.73. The van der Waals surface area contributed by atoms with Crippen molar-refractivity contribution in [2.24, 2.45) is 4.99 Å². The molecule has 0 amide bonds. The lowest BCUT2D eigenvalue weighted by molar-refractivity contribution is 0.609. The van der Waals surface area contributed by atoms with Gasteiger partial charge in [0.25, 0.3) is 0 Å². The Labute approximate surface area is 139 Å². The summed E-state index contributed by atoms with van der Waals surface area (Å²) in [6.07, 6.45) is 4.42. The molecule has 1 rings (SSSR count). The smallest absolute Gasteiger partial charge is 0.191 e. The lowest BCUT2D eigenvalue weighted by Crippen LogP contribution is -2.37. The maximum Gasteiger partial charge on any atom is 0.191 e. The molecule has 2 N–H and O–H groups in total. The lowest BCUT2D eigenvalue weighted by atomic mass is 10.2. The number of nitrogens with zero attached hydrogens (tertiary/aromatic N) is 1. The Kier molecular flexibility index (Phi) is 9.50. The number of nitrogens with one attached hydrogen (secondary N) is 2. The summed E-state index contributed by atoms with van der Waals surface area (Å²) in [7, 11) is 0. The second-order valence-electron chi connectivity index (χ2n) is 4.56. The van der Waals surface area contributed by atoms with Gasteiger partial charge in [-0.15, -0.1) is 0 Å². The van der Waals surface area contributed by atoms with Crippen molar-refractivity contribution in [2.45, 2.75) is 26.3 Å². The molecule has 21 heavy (non-hydrogen) atoms. The summed E-state index contributed by atoms with van der Waals surface area (Å²) in [5, 5.41) is 6.46. The van der Waals surface area contributed by atoms with Gasteiger partial charge in [0.05, 0.1) is 6.54 Å². The summed E-state index contributed by atoms with van der Waals surface area (Å²) < 4.78 is 14.5. The summed E-state index contributed by atoms with van der Waals surface area (Å²) >= 11 is 5.12. The minimum absolute atomic E-state index is 0.232. The minimum atomic E-state index is -0.232. The monoisotopic (exact) mass is 375 g/mol. The van der Waals surface area contributed by atoms with Gasteiger partial charge in [0.15, 0.2) is 5.96 Å². The Morgan fingerprint density at radius 3 is 2.81 bits per heavy atom. The fourth-order valence-corrected chi connectivity index (χ4v) is 2.56. The van der Waals surface area contributed by atoms with Crippen LogP contribution in [0.1, 0.15) is 25.3 Å². The predicted molar refractivity (Wildman–Crippen MR) is 94.5 cm³/mol. The van der Waals surface area contributed by atoms with Gasteiger partial charge in [0.2, 0.25) is 0 Å². The molecule has 118 valence electrons. The van der Waals surface area contributed by atoms with E-state index in [0.717, 1.165) is 29.9 Å². The van der Waals surface area contributed by atoms with E-state index in [1.54, 1.807) is 6.07 Å². The number of rotatable bonds is 8. The van der Waals surface area contributed by atoms with Crippen molar-refractivity contribution in [2.75, 3.05) is 25.1 Å². The number of halogens is 2. The van der Waals surface area contributed by atoms with E-state index in [1.165, 1.54) is 18.2 Å². The molecule has 0 aliphatic carbocycles. The zero-order chi connectivity index (χ0) is 15.5. The van der Waals surface area contributed by atoms with E-state index in [2.05, 4.69) is 37.8 Å². The molecule has 0 aliphatic rings. The van der Waals surface area contributed by atoms with Gasteiger partial charge >= 0.3 is 0 Å². The van der Waals surface area contributed by atoms with Crippen LogP contribution < -0.4 is 10.6 Å². The van der Waals surface area contributed by atoms with Crippen LogP contribution in [0.3, 0.4) is 0 Å². The first kappa shape index (κ1) is 18.3. The molecule has 0 aliphatic heterocycles. The first-order valence-electron chi connectivity index (χ1n) is 7.12. The molecule has 0 fully saturated rings. The van der Waals surface area contributed by atoms with Crippen LogP contribution in [0.4, 0.5) is 4.39 Å². The van der Waals surface area contributed by atoms with Crippen LogP contribution in [-0.2, 0) is 6.54 Å². The molecule has 0 unspecified atom stereocenters. The molecule has 6 heteroatoms. The quantitative estimate of drug-likeness (QED) is 0.412. The molecule has 3 nitrogen and oxygen atoms in total. The average molecular weight is 376 g/mol. The van der Waals surface area contributed by atoms with E-state index >= 15 is 0 Å². The molecule has 1 aromatic carbocycles. The SMILES string of the molecule is CCNC(=NCc1ccc(Br)cc1F)NCCCCSC. The first-order chi connectivity index (χ1) is 10.2. The van der Waals surface area contributed by atoms with Crippen LogP contribution >= 0.6 is 27.7 Å². The minimum Gasteiger partial charge on any atom is -0.357 e. The van der Waals surface area contributed by atoms with Gasteiger partial charge in [-0.25, -0.2) is 9.38 Å². The van der Waals surface area contributed by atoms with Crippen molar-refractivity contribution in [1.82, 2.24) is 10.6 Å². The Balaban J connectivity index is 2.50. The molecule has 0 aromatic heterocycles. The third-order valence-electron chi connectivity index (χ3n) is 2.83. The van der Waals surface area contributed by atoms with Crippen LogP contribution in [0.2, 0.25) is 0 Å². The highest BCUT2D eigenvalue weighted by Gasteiger charge is 2.03. The van der Waals surface area contributed by atoms with Crippen molar-refractivity contribution in [1.29, 1.82) is 0 Å². The highest BCUT2D eigenvalue weighted by molar-refractivity contribution is 9.10. The molecule has 0 saturated heterocycles. The Morgan fingerprint density at radius 2 is 2.14 bits per heavy atom. The normalized spacial score (nSPS) is 11.5. The number of hydrogen-bond acceptors (Lipinski definition) is 2. The molecule has 0 bridgehead atoms. The standard InChI is InChI=1S/C15H23BrFN3S/c1-3-18-15(19-8-4-5-9-21-2)20-11-12-6-7-13(16)10-14(12)17/h6-7,10H,3-5,8-9,11H2,1-2H3,(H2,18,19,20). The van der Waals surface area contributed by atoms with Crippen LogP contribution in [0.15, 0.2) is 27.7 Å². The number of aliphatic imine (C=N–C) groups is 1. The van der Waals surface area contributed by atoms with E-state index in [0.29, 0.717) is 12.1 Å². The second-order valence-corrected chi connectivity index (χ2v) is 6.46. The summed E-state index contributed by atoms with van der Waals surface area (Å²) in [5.74, 6) is 1.69. The van der Waals surface area contributed by atoms with Crippen LogP contribution in [-0.4, -0.2) is 31.1 Å². The van der Waals surface area contributed by atoms with Gasteiger partial charge in [-0.05, 0) is 43.9 Å². The third-order valence-corrected chi connectivity index (χ3v) is 4.02. The van der Waals surface area contributed by atoms with E-state index in [1.807, 2.05) is 24.8 Å². The predicted octanol–water partition coefficient (Wildman–Crippen LogP) is 3.79. The second kappa shape index (κ2) is 10.9. The molecule has 0 spiro atoms. The van der Waals surface area contributed by atoms with Crippen LogP contribution in [0.25, 0.3) is 0 Å². The number of unbranched alkanes of at least 4 members (excludes halogenated alkanes) is 1. The van der Waals surface area contributed by atoms with Gasteiger partial charge in [0.1, 0.15) is 5.82 Å². The van der Waals surface area contributed by atoms with E-state index in [-0.39, 0.29) is 5.82 Å². The van der Waals surface area contributed by atoms with Gasteiger partial charge < -0.3 is 10.6 Å². The van der Waals surface area contributed by atoms with Crippen molar-refractivity contribution >= 4 is 33.7 Å². The largest absolute Gasteiger partial charge is 0.357 e. The number of benzene rings is 1. The average Bonchev–Trinajstić information content (AvgIpc) is 2.46. The van der Waals surface area contributed by atoms with Crippen molar-refractivity contribution in [3.8, 4) is 0 Å². The maximum atomic E-state index is 13.7. The van der Waals surface area contributed by atoms with Crippen molar-refractivity contribution < 1.29 is 4.39 Å². The number of hydrogen-bond donors (Lipinski definition) is 2. The molecular formula is C15H23BrFN3S. The highest BCUT2D eigenvalue weighted by Crippen LogP contribution is 2.15. The van der Waals surface area contributed by atoms with Crippen molar-refractivity contribution in [3.63, 3.8) is 0 Å². The zero-order valence-electron chi connectivity index (χ0n) is 12.6. The summed E-state index contributed by atoms with van der Waals surface area (Å²) in [5.41, 5.74) is 0.595. The number of thioether (sulfide) groups is 1. The van der Waals surface area contributed by atoms with Gasteiger partial charge in [0, 0.05) is 23.1 Å². The van der Waals surface area contributed by atoms with Crippen LogP contribution in [0.5, 0.6) is 0 Å². The molecular weight excluding hydrogens is 353 g/mol. The molecule has 0 atom stereocenters. The van der Waals surface area contributed by atoms with E-state index in [9.17, 15) is 4.39 Å². The molecule has 0 heterocycles. The maximum absolute atomic E-state index is 13.7. The molecule has 0 radical (unpaired) electrons. The summed E-state index contributed by atoms with van der Waals surface area (Å²) in [4.78, 5) is 4.43. The highest BCUT2D eigenvalue weighted by atomic mass is 79.9. The van der Waals surface area contributed by atoms with Gasteiger partial charge in [-0.3, -0.25) is 0 Å². The number of guanidine groups is 1. The Bertz CT molecular complexity index is 455. The topological polar surface area (TPSA) is 36.4 Å². The Hall–Kier alpha value is -0.750. The van der Waals surface area contributed by atoms with Gasteiger partial charge in [-0.1, -0.05) is 22.0 Å². The molecule has 1 aromatic rings. The lowest BCUT2D eigenvalue weighted by Gasteiger charge is -2.11. The molecule has 0 saturated carbocycles. The van der Waals surface area contributed by atoms with E-state index < -0.39 is 0 Å². The van der Waals surface area contributed by atoms with Gasteiger partial charge in [-0.2, -0.15) is 11.8 Å². The van der Waals surface area contributed by atoms with E-state index in [4.69, 9.17) is 0 Å². The third kappa shape index (κ3) is 7.71. The Morgan fingerprint density at radius 1 is 1.33 bits per heavy atom. The summed E-state index contributed by atoms with van der Waals surface area (Å²) in [6.45, 7) is 4.03. The van der Waals surface area contributed by atoms with Crippen LogP contribution in [0, 0.1) is 5.82 Å². The van der Waals surface area contributed by atoms with Crippen molar-refractivity contribution in [3.05, 3.63) is 34.1 Å². The zero-order valence-corrected chi connectivity index (χ0v) is 15.0.